The molecule has 1 unspecified atom stereocenters. The lowest BCUT2D eigenvalue weighted by atomic mass is 10.2. The quantitative estimate of drug-likeness (QED) is 0.807. The number of hydrogen-bond donors (Lipinski definition) is 1. The summed E-state index contributed by atoms with van der Waals surface area (Å²) in [5.41, 5.74) is 0.967. The first-order chi connectivity index (χ1) is 10.1. The number of hydrogen-bond acceptors (Lipinski definition) is 3. The van der Waals surface area contributed by atoms with Gasteiger partial charge in [-0.15, -0.1) is 0 Å². The second kappa shape index (κ2) is 7.52. The number of rotatable bonds is 6. The van der Waals surface area contributed by atoms with Gasteiger partial charge in [0.2, 0.25) is 0 Å². The number of ether oxygens (including phenoxy) is 1. The van der Waals surface area contributed by atoms with Crippen molar-refractivity contribution in [1.82, 2.24) is 10.3 Å². The first-order valence-electron chi connectivity index (χ1n) is 6.92. The topological polar surface area (TPSA) is 34.1 Å². The smallest absolute Gasteiger partial charge is 0.145 e. The molecular weight excluding hydrogens is 335 g/mol. The van der Waals surface area contributed by atoms with Gasteiger partial charge in [0.25, 0.3) is 0 Å². The molecule has 2 rings (SSSR count). The Morgan fingerprint density at radius 1 is 1.33 bits per heavy atom. The third-order valence-corrected chi connectivity index (χ3v) is 3.64. The molecule has 112 valence electrons. The van der Waals surface area contributed by atoms with Crippen LogP contribution in [0, 0.1) is 5.82 Å². The summed E-state index contributed by atoms with van der Waals surface area (Å²) >= 11 is 3.28. The van der Waals surface area contributed by atoms with Gasteiger partial charge in [-0.3, -0.25) is 4.98 Å². The molecular formula is C16H18BrFN2O. The molecule has 0 bridgehead atoms. The predicted molar refractivity (Wildman–Crippen MR) is 85.1 cm³/mol. The molecule has 0 spiro atoms. The van der Waals surface area contributed by atoms with Gasteiger partial charge in [0.05, 0.1) is 16.4 Å². The van der Waals surface area contributed by atoms with Gasteiger partial charge in [0.1, 0.15) is 17.3 Å². The molecule has 0 radical (unpaired) electrons. The average molecular weight is 353 g/mol. The lowest BCUT2D eigenvalue weighted by molar-refractivity contribution is 0.472. The zero-order chi connectivity index (χ0) is 15.2. The largest absolute Gasteiger partial charge is 0.455 e. The zero-order valence-electron chi connectivity index (χ0n) is 12.1. The van der Waals surface area contributed by atoms with Crippen LogP contribution in [0.2, 0.25) is 0 Å². The van der Waals surface area contributed by atoms with Gasteiger partial charge < -0.3 is 10.1 Å². The Morgan fingerprint density at radius 3 is 2.76 bits per heavy atom. The maximum Gasteiger partial charge on any atom is 0.145 e. The molecule has 3 nitrogen and oxygen atoms in total. The van der Waals surface area contributed by atoms with Gasteiger partial charge in [-0.2, -0.15) is 0 Å². The summed E-state index contributed by atoms with van der Waals surface area (Å²) in [6, 6.07) is 8.31. The number of pyridine rings is 1. The van der Waals surface area contributed by atoms with E-state index in [-0.39, 0.29) is 11.9 Å². The number of nitrogens with one attached hydrogen (secondary N) is 1. The highest BCUT2D eigenvalue weighted by molar-refractivity contribution is 9.10. The molecule has 1 aromatic carbocycles. The highest BCUT2D eigenvalue weighted by atomic mass is 79.9. The first-order valence-corrected chi connectivity index (χ1v) is 7.71. The van der Waals surface area contributed by atoms with Crippen molar-refractivity contribution in [3.63, 3.8) is 0 Å². The molecule has 0 saturated carbocycles. The third-order valence-electron chi connectivity index (χ3n) is 3.03. The molecule has 2 aromatic rings. The van der Waals surface area contributed by atoms with E-state index in [2.05, 4.69) is 40.1 Å². The number of aromatic nitrogens is 1. The summed E-state index contributed by atoms with van der Waals surface area (Å²) in [6.07, 6.45) is 2.76. The van der Waals surface area contributed by atoms with Crippen LogP contribution in [0.4, 0.5) is 4.39 Å². The van der Waals surface area contributed by atoms with E-state index < -0.39 is 0 Å². The Balaban J connectivity index is 2.05. The van der Waals surface area contributed by atoms with Crippen LogP contribution in [0.1, 0.15) is 32.0 Å². The molecule has 0 amide bonds. The fraction of sp³-hybridized carbons (Fsp3) is 0.312. The molecule has 0 fully saturated rings. The predicted octanol–water partition coefficient (Wildman–Crippen LogP) is 4.84. The molecule has 1 N–H and O–H groups in total. The van der Waals surface area contributed by atoms with Crippen molar-refractivity contribution >= 4 is 15.9 Å². The highest BCUT2D eigenvalue weighted by Gasteiger charge is 2.08. The highest BCUT2D eigenvalue weighted by Crippen LogP contribution is 2.30. The van der Waals surface area contributed by atoms with Crippen LogP contribution in [-0.4, -0.2) is 11.5 Å². The van der Waals surface area contributed by atoms with Crippen molar-refractivity contribution in [2.24, 2.45) is 0 Å². The summed E-state index contributed by atoms with van der Waals surface area (Å²) in [6.45, 7) is 5.17. The van der Waals surface area contributed by atoms with Gasteiger partial charge in [0, 0.05) is 6.04 Å². The second-order valence-electron chi connectivity index (χ2n) is 4.77. The lowest BCUT2D eigenvalue weighted by Crippen LogP contribution is -2.20. The van der Waals surface area contributed by atoms with Crippen LogP contribution in [0.3, 0.4) is 0 Å². The van der Waals surface area contributed by atoms with Crippen molar-refractivity contribution in [1.29, 1.82) is 0 Å². The van der Waals surface area contributed by atoms with Gasteiger partial charge in [-0.05, 0) is 66.2 Å². The van der Waals surface area contributed by atoms with E-state index in [0.717, 1.165) is 18.7 Å². The Kier molecular flexibility index (Phi) is 5.70. The lowest BCUT2D eigenvalue weighted by Gasteiger charge is -2.13. The van der Waals surface area contributed by atoms with E-state index >= 15 is 0 Å². The number of benzene rings is 1. The van der Waals surface area contributed by atoms with Gasteiger partial charge >= 0.3 is 0 Å². The Hall–Kier alpha value is -1.46. The summed E-state index contributed by atoms with van der Waals surface area (Å²) in [5.74, 6) is 0.871. The molecule has 0 saturated heterocycles. The standard InChI is InChI=1S/C16H18BrFN2O/c1-3-8-19-11(2)15-6-5-13(10-20-15)21-16-7-4-12(18)9-14(16)17/h4-7,9-11,19H,3,8H2,1-2H3. The normalized spacial score (nSPS) is 12.2. The summed E-state index contributed by atoms with van der Waals surface area (Å²) < 4.78 is 19.3. The van der Waals surface area contributed by atoms with E-state index in [0.29, 0.717) is 16.0 Å². The van der Waals surface area contributed by atoms with Crippen molar-refractivity contribution in [3.8, 4) is 11.5 Å². The molecule has 0 aliphatic rings. The molecule has 0 aliphatic carbocycles. The molecule has 21 heavy (non-hydrogen) atoms. The van der Waals surface area contributed by atoms with E-state index in [9.17, 15) is 4.39 Å². The van der Waals surface area contributed by atoms with Gasteiger partial charge in [-0.1, -0.05) is 6.92 Å². The Morgan fingerprint density at radius 2 is 2.14 bits per heavy atom. The van der Waals surface area contributed by atoms with Crippen molar-refractivity contribution < 1.29 is 9.13 Å². The van der Waals surface area contributed by atoms with Crippen LogP contribution in [0.25, 0.3) is 0 Å². The molecule has 1 heterocycles. The summed E-state index contributed by atoms with van der Waals surface area (Å²) in [4.78, 5) is 4.40. The van der Waals surface area contributed by atoms with E-state index in [1.165, 1.54) is 12.1 Å². The van der Waals surface area contributed by atoms with Crippen LogP contribution in [0.5, 0.6) is 11.5 Å². The van der Waals surface area contributed by atoms with E-state index in [4.69, 9.17) is 4.74 Å². The average Bonchev–Trinajstić information content (AvgIpc) is 2.48. The molecule has 1 atom stereocenters. The minimum Gasteiger partial charge on any atom is -0.455 e. The Labute approximate surface area is 132 Å². The number of halogens is 2. The molecule has 1 aromatic heterocycles. The Bertz CT molecular complexity index is 589. The SMILES string of the molecule is CCCNC(C)c1ccc(Oc2ccc(F)cc2Br)cn1. The van der Waals surface area contributed by atoms with Gasteiger partial charge in [-0.25, -0.2) is 4.39 Å². The maximum atomic E-state index is 13.0. The minimum atomic E-state index is -0.307. The first kappa shape index (κ1) is 15.9. The number of nitrogens with zero attached hydrogens (tertiary/aromatic N) is 1. The van der Waals surface area contributed by atoms with Crippen molar-refractivity contribution in [2.75, 3.05) is 6.54 Å². The zero-order valence-corrected chi connectivity index (χ0v) is 13.7. The maximum absolute atomic E-state index is 13.0. The fourth-order valence-electron chi connectivity index (χ4n) is 1.86. The second-order valence-corrected chi connectivity index (χ2v) is 5.63. The van der Waals surface area contributed by atoms with Crippen LogP contribution >= 0.6 is 15.9 Å². The van der Waals surface area contributed by atoms with Crippen molar-refractivity contribution in [2.45, 2.75) is 26.3 Å². The third kappa shape index (κ3) is 4.51. The summed E-state index contributed by atoms with van der Waals surface area (Å²) in [5, 5.41) is 3.38. The summed E-state index contributed by atoms with van der Waals surface area (Å²) in [7, 11) is 0. The van der Waals surface area contributed by atoms with E-state index in [1.807, 2.05) is 12.1 Å². The van der Waals surface area contributed by atoms with Crippen LogP contribution in [-0.2, 0) is 0 Å². The fourth-order valence-corrected chi connectivity index (χ4v) is 2.29. The molecule has 0 aliphatic heterocycles. The van der Waals surface area contributed by atoms with Crippen LogP contribution < -0.4 is 10.1 Å². The molecule has 5 heteroatoms. The minimum absolute atomic E-state index is 0.205. The van der Waals surface area contributed by atoms with E-state index in [1.54, 1.807) is 12.3 Å². The van der Waals surface area contributed by atoms with Gasteiger partial charge in [0.15, 0.2) is 0 Å². The monoisotopic (exact) mass is 352 g/mol. The van der Waals surface area contributed by atoms with Crippen LogP contribution in [0.15, 0.2) is 41.0 Å². The van der Waals surface area contributed by atoms with Crippen molar-refractivity contribution in [3.05, 3.63) is 52.5 Å².